The molecule has 1 aromatic heterocycles. The lowest BCUT2D eigenvalue weighted by Gasteiger charge is -2.34. The van der Waals surface area contributed by atoms with E-state index >= 15 is 0 Å². The average Bonchev–Trinajstić information content (AvgIpc) is 3.09. The molecule has 122 valence electrons. The lowest BCUT2D eigenvalue weighted by atomic mass is 10.0. The van der Waals surface area contributed by atoms with Crippen molar-refractivity contribution >= 4 is 5.91 Å². The van der Waals surface area contributed by atoms with E-state index in [2.05, 4.69) is 34.5 Å². The second-order valence-corrected chi connectivity index (χ2v) is 6.09. The van der Waals surface area contributed by atoms with Crippen molar-refractivity contribution in [3.63, 3.8) is 0 Å². The highest BCUT2D eigenvalue weighted by Gasteiger charge is 2.28. The number of benzene rings is 1. The van der Waals surface area contributed by atoms with Gasteiger partial charge in [-0.1, -0.05) is 36.8 Å². The molecule has 1 unspecified atom stereocenters. The minimum atomic E-state index is -0.0134. The number of rotatable bonds is 6. The van der Waals surface area contributed by atoms with E-state index < -0.39 is 0 Å². The van der Waals surface area contributed by atoms with Gasteiger partial charge in [0.25, 0.3) is 0 Å². The van der Waals surface area contributed by atoms with Gasteiger partial charge >= 0.3 is 0 Å². The summed E-state index contributed by atoms with van der Waals surface area (Å²) in [6, 6.07) is 14.2. The molecule has 1 N–H and O–H groups in total. The number of amides is 1. The SMILES string of the molecule is O=C(NCCc1ccco1)C1CCCCN1Cc1ccccc1. The number of nitrogens with one attached hydrogen (secondary N) is 1. The van der Waals surface area contributed by atoms with Crippen molar-refractivity contribution in [2.24, 2.45) is 0 Å². The van der Waals surface area contributed by atoms with Crippen LogP contribution in [0.5, 0.6) is 0 Å². The number of likely N-dealkylation sites (tertiary alicyclic amines) is 1. The molecule has 0 radical (unpaired) electrons. The van der Waals surface area contributed by atoms with Crippen LogP contribution >= 0.6 is 0 Å². The second-order valence-electron chi connectivity index (χ2n) is 6.09. The van der Waals surface area contributed by atoms with Crippen molar-refractivity contribution in [1.29, 1.82) is 0 Å². The molecule has 23 heavy (non-hydrogen) atoms. The maximum atomic E-state index is 12.5. The third-order valence-corrected chi connectivity index (χ3v) is 4.40. The molecule has 1 saturated heterocycles. The Labute approximate surface area is 137 Å². The lowest BCUT2D eigenvalue weighted by molar-refractivity contribution is -0.127. The van der Waals surface area contributed by atoms with Gasteiger partial charge in [0.2, 0.25) is 5.91 Å². The maximum absolute atomic E-state index is 12.5. The van der Waals surface area contributed by atoms with E-state index in [1.54, 1.807) is 6.26 Å². The van der Waals surface area contributed by atoms with Crippen LogP contribution in [0, 0.1) is 0 Å². The Kier molecular flexibility index (Phi) is 5.48. The Bertz CT molecular complexity index is 595. The van der Waals surface area contributed by atoms with Gasteiger partial charge in [0.05, 0.1) is 12.3 Å². The first-order valence-corrected chi connectivity index (χ1v) is 8.41. The molecule has 0 aliphatic carbocycles. The van der Waals surface area contributed by atoms with Crippen LogP contribution in [0.3, 0.4) is 0 Å². The summed E-state index contributed by atoms with van der Waals surface area (Å²) in [5.41, 5.74) is 1.27. The van der Waals surface area contributed by atoms with Crippen LogP contribution in [-0.4, -0.2) is 29.9 Å². The highest BCUT2D eigenvalue weighted by molar-refractivity contribution is 5.81. The zero-order valence-corrected chi connectivity index (χ0v) is 13.4. The molecule has 3 rings (SSSR count). The van der Waals surface area contributed by atoms with Crippen LogP contribution in [0.2, 0.25) is 0 Å². The minimum absolute atomic E-state index is 0.0134. The molecule has 4 nitrogen and oxygen atoms in total. The van der Waals surface area contributed by atoms with Gasteiger partial charge in [-0.25, -0.2) is 0 Å². The topological polar surface area (TPSA) is 45.5 Å². The van der Waals surface area contributed by atoms with Gasteiger partial charge in [-0.15, -0.1) is 0 Å². The molecular weight excluding hydrogens is 288 g/mol. The minimum Gasteiger partial charge on any atom is -0.469 e. The van der Waals surface area contributed by atoms with E-state index in [-0.39, 0.29) is 11.9 Å². The van der Waals surface area contributed by atoms with Crippen molar-refractivity contribution in [1.82, 2.24) is 10.2 Å². The summed E-state index contributed by atoms with van der Waals surface area (Å²) in [6.07, 6.45) is 5.65. The predicted molar refractivity (Wildman–Crippen MR) is 89.9 cm³/mol. The number of carbonyl (C=O) groups is 1. The average molecular weight is 312 g/mol. The second kappa shape index (κ2) is 7.97. The summed E-state index contributed by atoms with van der Waals surface area (Å²) in [7, 11) is 0. The first-order chi connectivity index (χ1) is 11.3. The molecule has 1 atom stereocenters. The Morgan fingerprint density at radius 2 is 2.04 bits per heavy atom. The van der Waals surface area contributed by atoms with E-state index in [4.69, 9.17) is 4.42 Å². The van der Waals surface area contributed by atoms with Crippen molar-refractivity contribution in [3.05, 3.63) is 60.1 Å². The summed E-state index contributed by atoms with van der Waals surface area (Å²) in [5.74, 6) is 1.06. The first-order valence-electron chi connectivity index (χ1n) is 8.41. The lowest BCUT2D eigenvalue weighted by Crippen LogP contribution is -2.49. The molecule has 0 saturated carbocycles. The Morgan fingerprint density at radius 3 is 2.83 bits per heavy atom. The molecule has 1 aromatic carbocycles. The van der Waals surface area contributed by atoms with Gasteiger partial charge in [0.15, 0.2) is 0 Å². The summed E-state index contributed by atoms with van der Waals surface area (Å²) in [4.78, 5) is 14.9. The third-order valence-electron chi connectivity index (χ3n) is 4.40. The van der Waals surface area contributed by atoms with E-state index in [0.717, 1.165) is 38.1 Å². The Balaban J connectivity index is 1.53. The molecule has 1 aliphatic heterocycles. The van der Waals surface area contributed by atoms with Gasteiger partial charge in [0.1, 0.15) is 5.76 Å². The zero-order valence-electron chi connectivity index (χ0n) is 13.4. The number of carbonyl (C=O) groups excluding carboxylic acids is 1. The molecular formula is C19H24N2O2. The fourth-order valence-corrected chi connectivity index (χ4v) is 3.18. The quantitative estimate of drug-likeness (QED) is 0.892. The largest absolute Gasteiger partial charge is 0.469 e. The van der Waals surface area contributed by atoms with Gasteiger partial charge in [0, 0.05) is 19.5 Å². The molecule has 2 heterocycles. The summed E-state index contributed by atoms with van der Waals surface area (Å²) < 4.78 is 5.30. The molecule has 1 amide bonds. The van der Waals surface area contributed by atoms with Crippen LogP contribution in [0.1, 0.15) is 30.6 Å². The van der Waals surface area contributed by atoms with Crippen LogP contribution in [-0.2, 0) is 17.8 Å². The number of hydrogen-bond acceptors (Lipinski definition) is 3. The highest BCUT2D eigenvalue weighted by atomic mass is 16.3. The predicted octanol–water partition coefficient (Wildman–Crippen LogP) is 2.99. The fourth-order valence-electron chi connectivity index (χ4n) is 3.18. The van der Waals surface area contributed by atoms with E-state index in [0.29, 0.717) is 6.54 Å². The van der Waals surface area contributed by atoms with Crippen molar-refractivity contribution in [3.8, 4) is 0 Å². The van der Waals surface area contributed by atoms with Gasteiger partial charge < -0.3 is 9.73 Å². The monoisotopic (exact) mass is 312 g/mol. The number of furan rings is 1. The van der Waals surface area contributed by atoms with Crippen LogP contribution in [0.4, 0.5) is 0 Å². The standard InChI is InChI=1S/C19H24N2O2/c22-19(20-12-11-17-9-6-14-23-17)18-10-4-5-13-21(18)15-16-7-2-1-3-8-16/h1-3,6-9,14,18H,4-5,10-13,15H2,(H,20,22). The van der Waals surface area contributed by atoms with Crippen molar-refractivity contribution in [2.45, 2.75) is 38.3 Å². The number of nitrogens with zero attached hydrogens (tertiary/aromatic N) is 1. The first kappa shape index (κ1) is 15.8. The van der Waals surface area contributed by atoms with E-state index in [1.807, 2.05) is 18.2 Å². The number of piperidine rings is 1. The van der Waals surface area contributed by atoms with E-state index in [1.165, 1.54) is 12.0 Å². The molecule has 0 bridgehead atoms. The molecule has 4 heteroatoms. The maximum Gasteiger partial charge on any atom is 0.237 e. The van der Waals surface area contributed by atoms with Gasteiger partial charge in [-0.3, -0.25) is 9.69 Å². The highest BCUT2D eigenvalue weighted by Crippen LogP contribution is 2.19. The summed E-state index contributed by atoms with van der Waals surface area (Å²) in [5, 5.41) is 3.07. The summed E-state index contributed by atoms with van der Waals surface area (Å²) in [6.45, 7) is 2.46. The summed E-state index contributed by atoms with van der Waals surface area (Å²) >= 11 is 0. The Morgan fingerprint density at radius 1 is 1.17 bits per heavy atom. The Hall–Kier alpha value is -2.07. The molecule has 1 fully saturated rings. The van der Waals surface area contributed by atoms with Gasteiger partial charge in [-0.2, -0.15) is 0 Å². The van der Waals surface area contributed by atoms with Crippen LogP contribution in [0.15, 0.2) is 53.1 Å². The fraction of sp³-hybridized carbons (Fsp3) is 0.421. The van der Waals surface area contributed by atoms with Gasteiger partial charge in [-0.05, 0) is 37.1 Å². The van der Waals surface area contributed by atoms with Crippen LogP contribution in [0.25, 0.3) is 0 Å². The normalized spacial score (nSPS) is 18.7. The zero-order chi connectivity index (χ0) is 15.9. The molecule has 2 aromatic rings. The molecule has 0 spiro atoms. The smallest absolute Gasteiger partial charge is 0.237 e. The molecule has 1 aliphatic rings. The van der Waals surface area contributed by atoms with E-state index in [9.17, 15) is 4.79 Å². The third kappa shape index (κ3) is 4.45. The number of hydrogen-bond donors (Lipinski definition) is 1. The van der Waals surface area contributed by atoms with Crippen LogP contribution < -0.4 is 5.32 Å². The van der Waals surface area contributed by atoms with Crippen molar-refractivity contribution in [2.75, 3.05) is 13.1 Å². The van der Waals surface area contributed by atoms with Crippen molar-refractivity contribution < 1.29 is 9.21 Å².